The van der Waals surface area contributed by atoms with E-state index in [1.165, 1.54) is 5.56 Å². The van der Waals surface area contributed by atoms with Gasteiger partial charge in [0.15, 0.2) is 0 Å². The standard InChI is InChI=1S/C15H17ClN2O/c1-10-3-4-15(13(7-10)11(2)17)19-9-12-5-6-18-8-14(12)16/h3-8,11H,9,17H2,1-2H3/t11-/m1/s1. The van der Waals surface area contributed by atoms with Crippen molar-refractivity contribution in [1.82, 2.24) is 4.98 Å². The van der Waals surface area contributed by atoms with Gasteiger partial charge in [0, 0.05) is 29.6 Å². The van der Waals surface area contributed by atoms with E-state index in [1.807, 2.05) is 38.1 Å². The largest absolute Gasteiger partial charge is 0.489 e. The number of nitrogens with two attached hydrogens (primary N) is 1. The van der Waals surface area contributed by atoms with E-state index in [-0.39, 0.29) is 6.04 Å². The molecule has 0 saturated carbocycles. The smallest absolute Gasteiger partial charge is 0.124 e. The summed E-state index contributed by atoms with van der Waals surface area (Å²) in [6.45, 7) is 4.39. The molecule has 1 heterocycles. The Hall–Kier alpha value is -1.58. The van der Waals surface area contributed by atoms with Crippen molar-refractivity contribution >= 4 is 11.6 Å². The van der Waals surface area contributed by atoms with Crippen LogP contribution >= 0.6 is 11.6 Å². The highest BCUT2D eigenvalue weighted by Crippen LogP contribution is 2.26. The van der Waals surface area contributed by atoms with E-state index in [0.717, 1.165) is 16.9 Å². The van der Waals surface area contributed by atoms with Crippen molar-refractivity contribution in [3.8, 4) is 5.75 Å². The molecule has 0 bridgehead atoms. The first-order valence-electron chi connectivity index (χ1n) is 6.15. The topological polar surface area (TPSA) is 48.1 Å². The summed E-state index contributed by atoms with van der Waals surface area (Å²) >= 11 is 6.05. The molecule has 0 unspecified atom stereocenters. The molecule has 0 aliphatic rings. The Balaban J connectivity index is 2.18. The highest BCUT2D eigenvalue weighted by molar-refractivity contribution is 6.31. The predicted molar refractivity (Wildman–Crippen MR) is 77.4 cm³/mol. The summed E-state index contributed by atoms with van der Waals surface area (Å²) in [5.74, 6) is 0.800. The Morgan fingerprint density at radius 3 is 2.84 bits per heavy atom. The summed E-state index contributed by atoms with van der Waals surface area (Å²) in [7, 11) is 0. The monoisotopic (exact) mass is 276 g/mol. The van der Waals surface area contributed by atoms with Gasteiger partial charge in [0.1, 0.15) is 12.4 Å². The van der Waals surface area contributed by atoms with Crippen molar-refractivity contribution in [2.24, 2.45) is 5.73 Å². The van der Waals surface area contributed by atoms with E-state index in [2.05, 4.69) is 4.98 Å². The van der Waals surface area contributed by atoms with Gasteiger partial charge in [0.05, 0.1) is 5.02 Å². The summed E-state index contributed by atoms with van der Waals surface area (Å²) in [5, 5.41) is 0.608. The number of halogens is 1. The van der Waals surface area contributed by atoms with Gasteiger partial charge in [-0.15, -0.1) is 0 Å². The maximum Gasteiger partial charge on any atom is 0.124 e. The van der Waals surface area contributed by atoms with Crippen LogP contribution in [0.25, 0.3) is 0 Å². The molecule has 2 rings (SSSR count). The van der Waals surface area contributed by atoms with Crippen LogP contribution in [0.15, 0.2) is 36.7 Å². The number of hydrogen-bond donors (Lipinski definition) is 1. The molecule has 100 valence electrons. The third-order valence-electron chi connectivity index (χ3n) is 2.90. The second-order valence-electron chi connectivity index (χ2n) is 4.59. The van der Waals surface area contributed by atoms with Crippen LogP contribution in [0.5, 0.6) is 5.75 Å². The molecule has 1 aromatic carbocycles. The Labute approximate surface area is 118 Å². The molecule has 0 radical (unpaired) electrons. The van der Waals surface area contributed by atoms with Gasteiger partial charge >= 0.3 is 0 Å². The molecule has 0 amide bonds. The van der Waals surface area contributed by atoms with Gasteiger partial charge in [-0.05, 0) is 26.0 Å². The van der Waals surface area contributed by atoms with E-state index in [0.29, 0.717) is 11.6 Å². The maximum absolute atomic E-state index is 6.05. The molecule has 0 aliphatic carbocycles. The van der Waals surface area contributed by atoms with Crippen LogP contribution in [0.1, 0.15) is 29.7 Å². The quantitative estimate of drug-likeness (QED) is 0.927. The minimum absolute atomic E-state index is 0.0668. The molecule has 1 aromatic heterocycles. The molecule has 0 spiro atoms. The van der Waals surface area contributed by atoms with Gasteiger partial charge in [-0.25, -0.2) is 0 Å². The number of ether oxygens (including phenoxy) is 1. The van der Waals surface area contributed by atoms with Crippen LogP contribution in [0.3, 0.4) is 0 Å². The Morgan fingerprint density at radius 2 is 2.16 bits per heavy atom. The van der Waals surface area contributed by atoms with E-state index < -0.39 is 0 Å². The fourth-order valence-electron chi connectivity index (χ4n) is 1.83. The van der Waals surface area contributed by atoms with Crippen molar-refractivity contribution in [1.29, 1.82) is 0 Å². The highest BCUT2D eigenvalue weighted by Gasteiger charge is 2.09. The second-order valence-corrected chi connectivity index (χ2v) is 4.99. The molecule has 0 fully saturated rings. The molecule has 19 heavy (non-hydrogen) atoms. The number of rotatable bonds is 4. The predicted octanol–water partition coefficient (Wildman–Crippen LogP) is 3.64. The van der Waals surface area contributed by atoms with Crippen LogP contribution in [0, 0.1) is 6.92 Å². The fourth-order valence-corrected chi connectivity index (χ4v) is 2.01. The summed E-state index contributed by atoms with van der Waals surface area (Å²) in [5.41, 5.74) is 9.05. The fraction of sp³-hybridized carbons (Fsp3) is 0.267. The first-order valence-corrected chi connectivity index (χ1v) is 6.53. The molecular formula is C15H17ClN2O. The first kappa shape index (κ1) is 13.8. The normalized spacial score (nSPS) is 12.2. The van der Waals surface area contributed by atoms with Crippen molar-refractivity contribution < 1.29 is 4.74 Å². The highest BCUT2D eigenvalue weighted by atomic mass is 35.5. The average Bonchev–Trinajstić information content (AvgIpc) is 2.38. The Bertz CT molecular complexity index is 570. The number of benzene rings is 1. The third kappa shape index (κ3) is 3.46. The van der Waals surface area contributed by atoms with Crippen LogP contribution in [0.2, 0.25) is 5.02 Å². The molecule has 1 atom stereocenters. The van der Waals surface area contributed by atoms with Gasteiger partial charge in [-0.2, -0.15) is 0 Å². The van der Waals surface area contributed by atoms with Crippen LogP contribution in [-0.2, 0) is 6.61 Å². The van der Waals surface area contributed by atoms with Crippen LogP contribution in [-0.4, -0.2) is 4.98 Å². The summed E-state index contributed by atoms with van der Waals surface area (Å²) in [4.78, 5) is 3.95. The van der Waals surface area contributed by atoms with E-state index in [9.17, 15) is 0 Å². The minimum atomic E-state index is -0.0668. The van der Waals surface area contributed by atoms with Gasteiger partial charge in [0.25, 0.3) is 0 Å². The molecule has 4 heteroatoms. The Kier molecular flexibility index (Phi) is 4.40. The number of nitrogens with zero attached hydrogens (tertiary/aromatic N) is 1. The van der Waals surface area contributed by atoms with Gasteiger partial charge in [-0.1, -0.05) is 29.3 Å². The zero-order valence-electron chi connectivity index (χ0n) is 11.1. The van der Waals surface area contributed by atoms with Crippen molar-refractivity contribution in [3.05, 3.63) is 58.4 Å². The van der Waals surface area contributed by atoms with Gasteiger partial charge in [0.2, 0.25) is 0 Å². The lowest BCUT2D eigenvalue weighted by Gasteiger charge is -2.15. The molecule has 0 aliphatic heterocycles. The Morgan fingerprint density at radius 1 is 1.37 bits per heavy atom. The van der Waals surface area contributed by atoms with E-state index in [4.69, 9.17) is 22.1 Å². The van der Waals surface area contributed by atoms with Crippen LogP contribution < -0.4 is 10.5 Å². The SMILES string of the molecule is Cc1ccc(OCc2ccncc2Cl)c([C@@H](C)N)c1. The zero-order valence-corrected chi connectivity index (χ0v) is 11.8. The molecule has 2 N–H and O–H groups in total. The van der Waals surface area contributed by atoms with Crippen molar-refractivity contribution in [3.63, 3.8) is 0 Å². The summed E-state index contributed by atoms with van der Waals surface area (Å²) < 4.78 is 5.83. The van der Waals surface area contributed by atoms with Crippen molar-refractivity contribution in [2.75, 3.05) is 0 Å². The number of pyridine rings is 1. The number of aryl methyl sites for hydroxylation is 1. The second kappa shape index (κ2) is 6.04. The molecule has 3 nitrogen and oxygen atoms in total. The molecule has 2 aromatic rings. The minimum Gasteiger partial charge on any atom is -0.489 e. The molecular weight excluding hydrogens is 260 g/mol. The van der Waals surface area contributed by atoms with E-state index in [1.54, 1.807) is 12.4 Å². The lowest BCUT2D eigenvalue weighted by atomic mass is 10.1. The number of hydrogen-bond acceptors (Lipinski definition) is 3. The lowest BCUT2D eigenvalue weighted by molar-refractivity contribution is 0.301. The lowest BCUT2D eigenvalue weighted by Crippen LogP contribution is -2.08. The van der Waals surface area contributed by atoms with Gasteiger partial charge < -0.3 is 10.5 Å². The summed E-state index contributed by atoms with van der Waals surface area (Å²) in [6.07, 6.45) is 3.31. The number of aromatic nitrogens is 1. The summed E-state index contributed by atoms with van der Waals surface area (Å²) in [6, 6.07) is 7.79. The average molecular weight is 277 g/mol. The van der Waals surface area contributed by atoms with Crippen LogP contribution in [0.4, 0.5) is 0 Å². The molecule has 0 saturated heterocycles. The van der Waals surface area contributed by atoms with Gasteiger partial charge in [-0.3, -0.25) is 4.98 Å². The van der Waals surface area contributed by atoms with E-state index >= 15 is 0 Å². The van der Waals surface area contributed by atoms with Crippen molar-refractivity contribution in [2.45, 2.75) is 26.5 Å². The zero-order chi connectivity index (χ0) is 13.8. The maximum atomic E-state index is 6.05. The third-order valence-corrected chi connectivity index (χ3v) is 3.24. The first-order chi connectivity index (χ1) is 9.08.